The van der Waals surface area contributed by atoms with Crippen LogP contribution in [-0.2, 0) is 4.79 Å². The summed E-state index contributed by atoms with van der Waals surface area (Å²) in [5.74, 6) is -0.414. The maximum atomic E-state index is 13.5. The fraction of sp³-hybridized carbons (Fsp3) is 0.444. The molecular weight excluding hydrogens is 449 g/mol. The molecule has 0 aromatic heterocycles. The summed E-state index contributed by atoms with van der Waals surface area (Å²) in [6.45, 7) is 2.35. The fourth-order valence-electron chi connectivity index (χ4n) is 4.89. The van der Waals surface area contributed by atoms with E-state index in [0.29, 0.717) is 55.9 Å². The number of ether oxygens (including phenoxy) is 1. The zero-order chi connectivity index (χ0) is 24.8. The summed E-state index contributed by atoms with van der Waals surface area (Å²) in [4.78, 5) is 43.1. The highest BCUT2D eigenvalue weighted by Crippen LogP contribution is 2.25. The van der Waals surface area contributed by atoms with Gasteiger partial charge in [-0.05, 0) is 80.5 Å². The van der Waals surface area contributed by atoms with Crippen LogP contribution in [0, 0.1) is 11.7 Å². The number of nitrogens with one attached hydrogen (secondary N) is 1. The third-order valence-corrected chi connectivity index (χ3v) is 6.94. The Hall–Kier alpha value is -3.42. The molecule has 186 valence electrons. The summed E-state index contributed by atoms with van der Waals surface area (Å²) in [6.07, 6.45) is 4.22. The molecule has 4 rings (SSSR count). The van der Waals surface area contributed by atoms with Crippen LogP contribution in [0.25, 0.3) is 0 Å². The van der Waals surface area contributed by atoms with E-state index in [0.717, 1.165) is 19.3 Å². The molecule has 2 fully saturated rings. The average Bonchev–Trinajstić information content (AvgIpc) is 2.92. The molecule has 7 nitrogen and oxygen atoms in total. The van der Waals surface area contributed by atoms with Crippen LogP contribution in [0.2, 0.25) is 0 Å². The Labute approximate surface area is 205 Å². The second-order valence-electron chi connectivity index (χ2n) is 9.21. The Morgan fingerprint density at radius 2 is 1.60 bits per heavy atom. The lowest BCUT2D eigenvalue weighted by Gasteiger charge is -2.38. The van der Waals surface area contributed by atoms with Crippen molar-refractivity contribution in [2.24, 2.45) is 5.92 Å². The smallest absolute Gasteiger partial charge is 0.253 e. The SMILES string of the molecule is COc1cccc(C(=O)NC(C(=O)N2CCCCC2)C2CCN(C(=O)c3ccc(F)cc3)CC2)c1. The first kappa shape index (κ1) is 24.7. The zero-order valence-electron chi connectivity index (χ0n) is 20.0. The number of methoxy groups -OCH3 is 1. The Kier molecular flexibility index (Phi) is 8.00. The Bertz CT molecular complexity index is 1040. The largest absolute Gasteiger partial charge is 0.497 e. The minimum Gasteiger partial charge on any atom is -0.497 e. The number of rotatable bonds is 6. The van der Waals surface area contributed by atoms with Crippen molar-refractivity contribution in [3.63, 3.8) is 0 Å². The monoisotopic (exact) mass is 481 g/mol. The summed E-state index contributed by atoms with van der Waals surface area (Å²) in [6, 6.07) is 11.7. The van der Waals surface area contributed by atoms with Gasteiger partial charge in [-0.3, -0.25) is 14.4 Å². The molecule has 2 aliphatic heterocycles. The number of carbonyl (C=O) groups is 3. The first-order valence-electron chi connectivity index (χ1n) is 12.2. The van der Waals surface area contributed by atoms with Crippen LogP contribution in [0.4, 0.5) is 4.39 Å². The third kappa shape index (κ3) is 5.99. The van der Waals surface area contributed by atoms with Gasteiger partial charge >= 0.3 is 0 Å². The number of amides is 3. The van der Waals surface area contributed by atoms with Gasteiger partial charge in [-0.15, -0.1) is 0 Å². The number of halogens is 1. The van der Waals surface area contributed by atoms with Gasteiger partial charge in [0.15, 0.2) is 0 Å². The Balaban J connectivity index is 1.47. The molecule has 3 amide bonds. The van der Waals surface area contributed by atoms with Crippen LogP contribution < -0.4 is 10.1 Å². The van der Waals surface area contributed by atoms with E-state index in [1.807, 2.05) is 4.90 Å². The number of hydrogen-bond donors (Lipinski definition) is 1. The highest BCUT2D eigenvalue weighted by Gasteiger charge is 2.36. The van der Waals surface area contributed by atoms with Crippen molar-refractivity contribution in [3.05, 3.63) is 65.5 Å². The van der Waals surface area contributed by atoms with E-state index in [4.69, 9.17) is 4.74 Å². The molecule has 2 aromatic carbocycles. The van der Waals surface area contributed by atoms with Crippen LogP contribution in [0.5, 0.6) is 5.75 Å². The molecule has 0 saturated carbocycles. The Morgan fingerprint density at radius 1 is 0.914 bits per heavy atom. The quantitative estimate of drug-likeness (QED) is 0.685. The molecule has 35 heavy (non-hydrogen) atoms. The standard InChI is InChI=1S/C27H32FN3O4/c1-35-23-7-5-6-21(18-23)25(32)29-24(27(34)30-14-3-2-4-15-30)19-12-16-31(17-13-19)26(33)20-8-10-22(28)11-9-20/h5-11,18-19,24H,2-4,12-17H2,1H3,(H,29,32). The molecule has 2 aromatic rings. The lowest BCUT2D eigenvalue weighted by molar-refractivity contribution is -0.136. The fourth-order valence-corrected chi connectivity index (χ4v) is 4.89. The number of benzene rings is 2. The van der Waals surface area contributed by atoms with Gasteiger partial charge in [0.1, 0.15) is 17.6 Å². The topological polar surface area (TPSA) is 79.0 Å². The summed E-state index contributed by atoms with van der Waals surface area (Å²) in [5.41, 5.74) is 0.877. The van der Waals surface area contributed by atoms with Crippen molar-refractivity contribution >= 4 is 17.7 Å². The average molecular weight is 482 g/mol. The summed E-state index contributed by atoms with van der Waals surface area (Å²) < 4.78 is 18.5. The van der Waals surface area contributed by atoms with Gasteiger partial charge in [0.2, 0.25) is 5.91 Å². The van der Waals surface area contributed by atoms with Crippen LogP contribution in [0.3, 0.4) is 0 Å². The molecule has 1 N–H and O–H groups in total. The van der Waals surface area contributed by atoms with Gasteiger partial charge in [0.05, 0.1) is 7.11 Å². The van der Waals surface area contributed by atoms with Gasteiger partial charge in [0, 0.05) is 37.3 Å². The molecule has 2 heterocycles. The first-order chi connectivity index (χ1) is 17.0. The van der Waals surface area contributed by atoms with Gasteiger partial charge < -0.3 is 19.9 Å². The molecular formula is C27H32FN3O4. The van der Waals surface area contributed by atoms with Crippen molar-refractivity contribution < 1.29 is 23.5 Å². The molecule has 8 heteroatoms. The van der Waals surface area contributed by atoms with E-state index in [1.165, 1.54) is 24.3 Å². The summed E-state index contributed by atoms with van der Waals surface area (Å²) in [5, 5.41) is 3.00. The lowest BCUT2D eigenvalue weighted by Crippen LogP contribution is -2.55. The number of nitrogens with zero attached hydrogens (tertiary/aromatic N) is 2. The van der Waals surface area contributed by atoms with Crippen LogP contribution >= 0.6 is 0 Å². The minimum absolute atomic E-state index is 0.0516. The van der Waals surface area contributed by atoms with E-state index in [-0.39, 0.29) is 29.5 Å². The summed E-state index contributed by atoms with van der Waals surface area (Å²) >= 11 is 0. The third-order valence-electron chi connectivity index (χ3n) is 6.94. The predicted molar refractivity (Wildman–Crippen MR) is 130 cm³/mol. The van der Waals surface area contributed by atoms with Crippen molar-refractivity contribution in [2.75, 3.05) is 33.3 Å². The lowest BCUT2D eigenvalue weighted by atomic mass is 9.87. The normalized spacial score (nSPS) is 17.5. The number of likely N-dealkylation sites (tertiary alicyclic amines) is 2. The van der Waals surface area contributed by atoms with Crippen molar-refractivity contribution in [1.29, 1.82) is 0 Å². The van der Waals surface area contributed by atoms with Gasteiger partial charge in [0.25, 0.3) is 11.8 Å². The van der Waals surface area contributed by atoms with Gasteiger partial charge in [-0.2, -0.15) is 0 Å². The summed E-state index contributed by atoms with van der Waals surface area (Å²) in [7, 11) is 1.54. The molecule has 0 bridgehead atoms. The van der Waals surface area contributed by atoms with Gasteiger partial charge in [-0.25, -0.2) is 4.39 Å². The zero-order valence-corrected chi connectivity index (χ0v) is 20.0. The Morgan fingerprint density at radius 3 is 2.26 bits per heavy atom. The number of hydrogen-bond acceptors (Lipinski definition) is 4. The highest BCUT2D eigenvalue weighted by molar-refractivity contribution is 5.98. The van der Waals surface area contributed by atoms with Crippen molar-refractivity contribution in [1.82, 2.24) is 15.1 Å². The first-order valence-corrected chi connectivity index (χ1v) is 12.2. The minimum atomic E-state index is -0.658. The van der Waals surface area contributed by atoms with E-state index in [1.54, 1.807) is 36.3 Å². The molecule has 2 saturated heterocycles. The second-order valence-corrected chi connectivity index (χ2v) is 9.21. The molecule has 1 unspecified atom stereocenters. The van der Waals surface area contributed by atoms with Crippen molar-refractivity contribution in [3.8, 4) is 5.75 Å². The van der Waals surface area contributed by atoms with Gasteiger partial charge in [-0.1, -0.05) is 6.07 Å². The van der Waals surface area contributed by atoms with E-state index in [9.17, 15) is 18.8 Å². The molecule has 0 radical (unpaired) electrons. The van der Waals surface area contributed by atoms with Crippen LogP contribution in [-0.4, -0.2) is 66.9 Å². The molecule has 0 spiro atoms. The van der Waals surface area contributed by atoms with Crippen LogP contribution in [0.15, 0.2) is 48.5 Å². The van der Waals surface area contributed by atoms with E-state index in [2.05, 4.69) is 5.32 Å². The molecule has 0 aliphatic carbocycles. The highest BCUT2D eigenvalue weighted by atomic mass is 19.1. The van der Waals surface area contributed by atoms with E-state index < -0.39 is 6.04 Å². The molecule has 2 aliphatic rings. The maximum Gasteiger partial charge on any atom is 0.253 e. The maximum absolute atomic E-state index is 13.5. The second kappa shape index (κ2) is 11.3. The number of piperidine rings is 2. The van der Waals surface area contributed by atoms with E-state index >= 15 is 0 Å². The van der Waals surface area contributed by atoms with Crippen LogP contribution in [0.1, 0.15) is 52.8 Å². The number of carbonyl (C=O) groups excluding carboxylic acids is 3. The van der Waals surface area contributed by atoms with Crippen molar-refractivity contribution in [2.45, 2.75) is 38.1 Å². The molecule has 1 atom stereocenters. The predicted octanol–water partition coefficient (Wildman–Crippen LogP) is 3.50.